The van der Waals surface area contributed by atoms with Crippen LogP contribution >= 0.6 is 0 Å². The lowest BCUT2D eigenvalue weighted by Gasteiger charge is -2.55. The Balaban J connectivity index is 1.23. The van der Waals surface area contributed by atoms with Crippen LogP contribution in [-0.4, -0.2) is 24.6 Å². The van der Waals surface area contributed by atoms with E-state index in [4.69, 9.17) is 9.47 Å². The molecule has 4 saturated carbocycles. The molecule has 4 bridgehead atoms. The minimum absolute atomic E-state index is 0.0274. The normalized spacial score (nSPS) is 31.6. The number of rotatable bonds is 6. The second kappa shape index (κ2) is 7.47. The highest BCUT2D eigenvalue weighted by atomic mass is 16.7. The third-order valence-electron chi connectivity index (χ3n) is 7.66. The van der Waals surface area contributed by atoms with Gasteiger partial charge in [-0.1, -0.05) is 19.9 Å². The van der Waals surface area contributed by atoms with Crippen LogP contribution in [0, 0.1) is 29.1 Å². The van der Waals surface area contributed by atoms with E-state index in [9.17, 15) is 9.59 Å². The molecule has 6 heteroatoms. The second-order valence-corrected chi connectivity index (χ2v) is 10.3. The van der Waals surface area contributed by atoms with E-state index in [1.54, 1.807) is 0 Å². The summed E-state index contributed by atoms with van der Waals surface area (Å²) in [7, 11) is 0. The van der Waals surface area contributed by atoms with Gasteiger partial charge in [0.2, 0.25) is 18.6 Å². The van der Waals surface area contributed by atoms with Gasteiger partial charge in [0, 0.05) is 12.0 Å². The fourth-order valence-electron chi connectivity index (χ4n) is 6.57. The summed E-state index contributed by atoms with van der Waals surface area (Å²) in [5.74, 6) is 3.57. The number of hydrogen-bond donors (Lipinski definition) is 2. The van der Waals surface area contributed by atoms with E-state index < -0.39 is 6.04 Å². The van der Waals surface area contributed by atoms with Crippen LogP contribution in [0.4, 0.5) is 0 Å². The fourth-order valence-corrected chi connectivity index (χ4v) is 6.57. The molecule has 0 saturated heterocycles. The molecule has 162 valence electrons. The van der Waals surface area contributed by atoms with E-state index in [0.29, 0.717) is 30.0 Å². The van der Waals surface area contributed by atoms with Gasteiger partial charge in [0.15, 0.2) is 11.5 Å². The first-order chi connectivity index (χ1) is 14.4. The zero-order valence-corrected chi connectivity index (χ0v) is 17.9. The van der Waals surface area contributed by atoms with Crippen molar-refractivity contribution in [1.82, 2.24) is 10.6 Å². The van der Waals surface area contributed by atoms with E-state index in [1.165, 1.54) is 19.3 Å². The number of amides is 2. The van der Waals surface area contributed by atoms with Crippen molar-refractivity contribution in [3.05, 3.63) is 23.8 Å². The maximum absolute atomic E-state index is 13.4. The molecule has 1 aliphatic heterocycles. The van der Waals surface area contributed by atoms with Crippen LogP contribution in [-0.2, 0) is 16.1 Å². The molecule has 6 rings (SSSR count). The van der Waals surface area contributed by atoms with Gasteiger partial charge in [0.25, 0.3) is 0 Å². The van der Waals surface area contributed by atoms with Crippen molar-refractivity contribution in [3.8, 4) is 11.5 Å². The monoisotopic (exact) mass is 412 g/mol. The van der Waals surface area contributed by atoms with Gasteiger partial charge in [-0.05, 0) is 79.9 Å². The van der Waals surface area contributed by atoms with Crippen LogP contribution in [0.2, 0.25) is 0 Å². The summed E-state index contributed by atoms with van der Waals surface area (Å²) in [4.78, 5) is 26.4. The van der Waals surface area contributed by atoms with Crippen molar-refractivity contribution < 1.29 is 19.1 Å². The Morgan fingerprint density at radius 3 is 2.30 bits per heavy atom. The largest absolute Gasteiger partial charge is 0.454 e. The van der Waals surface area contributed by atoms with Crippen LogP contribution in [0.5, 0.6) is 11.5 Å². The average Bonchev–Trinajstić information content (AvgIpc) is 3.16. The third-order valence-corrected chi connectivity index (χ3v) is 7.66. The zero-order valence-electron chi connectivity index (χ0n) is 17.9. The highest BCUT2D eigenvalue weighted by Gasteiger charge is 2.55. The summed E-state index contributed by atoms with van der Waals surface area (Å²) in [6.45, 7) is 4.61. The van der Waals surface area contributed by atoms with Crippen LogP contribution < -0.4 is 20.1 Å². The molecule has 4 fully saturated rings. The summed E-state index contributed by atoms with van der Waals surface area (Å²) in [5, 5.41) is 6.16. The predicted molar refractivity (Wildman–Crippen MR) is 112 cm³/mol. The summed E-state index contributed by atoms with van der Waals surface area (Å²) in [6.07, 6.45) is 6.93. The summed E-state index contributed by atoms with van der Waals surface area (Å²) < 4.78 is 10.7. The standard InChI is InChI=1S/C24H32N2O4/c1-14(2)21(22(27)25-12-15-3-4-19-20(8-15)30-13-29-19)26-23(28)24-9-16-5-17(10-24)7-18(6-16)11-24/h3-4,8,14,16-18,21H,5-7,9-13H2,1-2H3,(H,25,27)(H,26,28)/t16?,17?,18?,21-,24?/m0/s1. The van der Waals surface area contributed by atoms with Gasteiger partial charge in [-0.2, -0.15) is 0 Å². The second-order valence-electron chi connectivity index (χ2n) is 10.3. The minimum Gasteiger partial charge on any atom is -0.454 e. The van der Waals surface area contributed by atoms with Gasteiger partial charge >= 0.3 is 0 Å². The Morgan fingerprint density at radius 2 is 1.67 bits per heavy atom. The highest BCUT2D eigenvalue weighted by molar-refractivity contribution is 5.90. The lowest BCUT2D eigenvalue weighted by atomic mass is 9.49. The molecule has 4 aliphatic carbocycles. The molecular formula is C24H32N2O4. The number of benzene rings is 1. The lowest BCUT2D eigenvalue weighted by Crippen LogP contribution is -2.58. The van der Waals surface area contributed by atoms with Crippen LogP contribution in [0.15, 0.2) is 18.2 Å². The molecule has 2 N–H and O–H groups in total. The smallest absolute Gasteiger partial charge is 0.243 e. The Labute approximate surface area is 178 Å². The number of carbonyl (C=O) groups is 2. The first-order valence-electron chi connectivity index (χ1n) is 11.4. The molecule has 1 aromatic carbocycles. The fraction of sp³-hybridized carbons (Fsp3) is 0.667. The molecule has 1 heterocycles. The van der Waals surface area contributed by atoms with E-state index in [-0.39, 0.29) is 29.9 Å². The maximum Gasteiger partial charge on any atom is 0.243 e. The number of ether oxygens (including phenoxy) is 2. The topological polar surface area (TPSA) is 76.7 Å². The van der Waals surface area contributed by atoms with Gasteiger partial charge in [0.1, 0.15) is 6.04 Å². The maximum atomic E-state index is 13.4. The molecule has 30 heavy (non-hydrogen) atoms. The molecule has 0 aromatic heterocycles. The van der Waals surface area contributed by atoms with E-state index in [2.05, 4.69) is 10.6 Å². The molecule has 0 unspecified atom stereocenters. The Morgan fingerprint density at radius 1 is 1.03 bits per heavy atom. The number of hydrogen-bond acceptors (Lipinski definition) is 4. The molecule has 5 aliphatic rings. The van der Waals surface area contributed by atoms with Crippen molar-refractivity contribution in [1.29, 1.82) is 0 Å². The Hall–Kier alpha value is -2.24. The summed E-state index contributed by atoms with van der Waals surface area (Å²) in [6, 6.07) is 5.16. The highest BCUT2D eigenvalue weighted by Crippen LogP contribution is 2.60. The number of nitrogens with one attached hydrogen (secondary N) is 2. The molecular weight excluding hydrogens is 380 g/mol. The molecule has 0 spiro atoms. The Bertz CT molecular complexity index is 814. The van der Waals surface area contributed by atoms with Crippen LogP contribution in [0.3, 0.4) is 0 Å². The van der Waals surface area contributed by atoms with Crippen molar-refractivity contribution in [2.45, 2.75) is 65.0 Å². The van der Waals surface area contributed by atoms with Gasteiger partial charge in [-0.25, -0.2) is 0 Å². The summed E-state index contributed by atoms with van der Waals surface area (Å²) >= 11 is 0. The zero-order chi connectivity index (χ0) is 20.9. The molecule has 6 nitrogen and oxygen atoms in total. The number of fused-ring (bicyclic) bond motifs is 1. The molecule has 0 radical (unpaired) electrons. The SMILES string of the molecule is CC(C)[C@H](NC(=O)C12CC3CC(CC(C3)C1)C2)C(=O)NCc1ccc2c(c1)OCO2. The first kappa shape index (κ1) is 19.7. The van der Waals surface area contributed by atoms with Gasteiger partial charge in [-0.3, -0.25) is 9.59 Å². The van der Waals surface area contributed by atoms with Crippen LogP contribution in [0.25, 0.3) is 0 Å². The van der Waals surface area contributed by atoms with Crippen LogP contribution in [0.1, 0.15) is 57.9 Å². The lowest BCUT2D eigenvalue weighted by molar-refractivity contribution is -0.149. The molecule has 1 aromatic rings. The first-order valence-corrected chi connectivity index (χ1v) is 11.4. The van der Waals surface area contributed by atoms with Gasteiger partial charge < -0.3 is 20.1 Å². The van der Waals surface area contributed by atoms with E-state index in [0.717, 1.165) is 30.6 Å². The van der Waals surface area contributed by atoms with Gasteiger partial charge in [-0.15, -0.1) is 0 Å². The van der Waals surface area contributed by atoms with Crippen molar-refractivity contribution in [2.24, 2.45) is 29.1 Å². The molecule has 2 amide bonds. The average molecular weight is 413 g/mol. The minimum atomic E-state index is -0.514. The van der Waals surface area contributed by atoms with Crippen molar-refractivity contribution in [3.63, 3.8) is 0 Å². The predicted octanol–water partition coefficient (Wildman–Crippen LogP) is 3.39. The number of carbonyl (C=O) groups excluding carboxylic acids is 2. The third kappa shape index (κ3) is 3.54. The quantitative estimate of drug-likeness (QED) is 0.751. The summed E-state index contributed by atoms with van der Waals surface area (Å²) in [5.41, 5.74) is 0.710. The van der Waals surface area contributed by atoms with Gasteiger partial charge in [0.05, 0.1) is 0 Å². The van der Waals surface area contributed by atoms with Crippen molar-refractivity contribution in [2.75, 3.05) is 6.79 Å². The molecule has 1 atom stereocenters. The van der Waals surface area contributed by atoms with E-state index in [1.807, 2.05) is 32.0 Å². The Kier molecular flexibility index (Phi) is 4.91. The van der Waals surface area contributed by atoms with Crippen molar-refractivity contribution >= 4 is 11.8 Å². The van der Waals surface area contributed by atoms with E-state index >= 15 is 0 Å².